The SMILES string of the molecule is O=C(Nc1nc2c(ncn2[C@@H]2O[C@H](CO)[C@H](O)C2O)c(=O)[nH]1)c1ccccc1. The number of aromatic amines is 1. The summed E-state index contributed by atoms with van der Waals surface area (Å²) in [7, 11) is 0. The molecule has 1 saturated heterocycles. The van der Waals surface area contributed by atoms with Crippen LogP contribution in [0.1, 0.15) is 16.6 Å². The number of imidazole rings is 1. The van der Waals surface area contributed by atoms with Gasteiger partial charge in [0.25, 0.3) is 11.5 Å². The van der Waals surface area contributed by atoms with E-state index in [1.165, 1.54) is 10.9 Å². The standard InChI is InChI=1S/C17H17N5O6/c23-6-9-11(24)12(25)16(28-9)22-7-18-10-13(22)19-17(21-15(10)27)20-14(26)8-4-2-1-3-5-8/h1-5,7,9,11-12,16,23-25H,6H2,(H2,19,20,21,26,27)/t9-,11+,12?,16-/m1/s1. The van der Waals surface area contributed by atoms with Crippen molar-refractivity contribution in [2.75, 3.05) is 11.9 Å². The molecule has 3 aromatic rings. The topological polar surface area (TPSA) is 163 Å². The first-order valence-corrected chi connectivity index (χ1v) is 8.45. The largest absolute Gasteiger partial charge is 0.394 e. The number of H-pyrrole nitrogens is 1. The number of hydrogen-bond donors (Lipinski definition) is 5. The van der Waals surface area contributed by atoms with Gasteiger partial charge in [-0.1, -0.05) is 18.2 Å². The van der Waals surface area contributed by atoms with E-state index in [1.807, 2.05) is 0 Å². The Morgan fingerprint density at radius 2 is 2.00 bits per heavy atom. The maximum atomic E-state index is 12.3. The number of benzene rings is 1. The van der Waals surface area contributed by atoms with Crippen LogP contribution < -0.4 is 10.9 Å². The van der Waals surface area contributed by atoms with Crippen LogP contribution in [0.3, 0.4) is 0 Å². The zero-order valence-electron chi connectivity index (χ0n) is 14.4. The first-order valence-electron chi connectivity index (χ1n) is 8.45. The molecule has 1 aliphatic rings. The first-order chi connectivity index (χ1) is 13.5. The van der Waals surface area contributed by atoms with Gasteiger partial charge >= 0.3 is 0 Å². The summed E-state index contributed by atoms with van der Waals surface area (Å²) in [5.74, 6) is -0.582. The molecule has 0 radical (unpaired) electrons. The van der Waals surface area contributed by atoms with Crippen LogP contribution in [0.5, 0.6) is 0 Å². The number of fused-ring (bicyclic) bond motifs is 1. The van der Waals surface area contributed by atoms with Gasteiger partial charge in [-0.05, 0) is 12.1 Å². The molecule has 4 atom stereocenters. The molecule has 1 aliphatic heterocycles. The minimum Gasteiger partial charge on any atom is -0.394 e. The second-order valence-corrected chi connectivity index (χ2v) is 6.29. The van der Waals surface area contributed by atoms with E-state index in [1.54, 1.807) is 30.3 Å². The quantitative estimate of drug-likeness (QED) is 0.380. The summed E-state index contributed by atoms with van der Waals surface area (Å²) in [6.07, 6.45) is -3.54. The Bertz CT molecular complexity index is 1060. The van der Waals surface area contributed by atoms with E-state index < -0.39 is 42.6 Å². The van der Waals surface area contributed by atoms with Crippen molar-refractivity contribution in [2.24, 2.45) is 0 Å². The van der Waals surface area contributed by atoms with Gasteiger partial charge < -0.3 is 20.1 Å². The smallest absolute Gasteiger partial charge is 0.280 e. The van der Waals surface area contributed by atoms with Crippen molar-refractivity contribution in [2.45, 2.75) is 24.5 Å². The Morgan fingerprint density at radius 1 is 1.25 bits per heavy atom. The van der Waals surface area contributed by atoms with E-state index in [0.29, 0.717) is 5.56 Å². The molecule has 146 valence electrons. The summed E-state index contributed by atoms with van der Waals surface area (Å²) in [4.78, 5) is 35.2. The number of aromatic nitrogens is 4. The summed E-state index contributed by atoms with van der Waals surface area (Å²) in [6, 6.07) is 8.38. The molecule has 1 fully saturated rings. The Balaban J connectivity index is 1.69. The fraction of sp³-hybridized carbons (Fsp3) is 0.294. The van der Waals surface area contributed by atoms with Crippen LogP contribution >= 0.6 is 0 Å². The van der Waals surface area contributed by atoms with Crippen molar-refractivity contribution >= 4 is 23.0 Å². The van der Waals surface area contributed by atoms with Gasteiger partial charge in [-0.15, -0.1) is 0 Å². The average molecular weight is 387 g/mol. The number of rotatable bonds is 4. The second kappa shape index (κ2) is 7.13. The highest BCUT2D eigenvalue weighted by Crippen LogP contribution is 2.30. The van der Waals surface area contributed by atoms with Gasteiger partial charge in [0.1, 0.15) is 18.3 Å². The van der Waals surface area contributed by atoms with Gasteiger partial charge in [0.15, 0.2) is 17.4 Å². The van der Waals surface area contributed by atoms with Crippen LogP contribution in [-0.2, 0) is 4.74 Å². The third kappa shape index (κ3) is 3.05. The van der Waals surface area contributed by atoms with Gasteiger partial charge in [0.2, 0.25) is 5.95 Å². The molecule has 5 N–H and O–H groups in total. The van der Waals surface area contributed by atoms with Crippen molar-refractivity contribution < 1.29 is 24.9 Å². The van der Waals surface area contributed by atoms with Crippen LogP contribution in [0.25, 0.3) is 11.2 Å². The highest BCUT2D eigenvalue weighted by molar-refractivity contribution is 6.03. The Hall–Kier alpha value is -3.12. The molecule has 0 bridgehead atoms. The minimum atomic E-state index is -1.36. The summed E-state index contributed by atoms with van der Waals surface area (Å²) < 4.78 is 6.72. The zero-order valence-corrected chi connectivity index (χ0v) is 14.4. The van der Waals surface area contributed by atoms with Crippen LogP contribution in [0.15, 0.2) is 41.5 Å². The maximum Gasteiger partial charge on any atom is 0.280 e. The zero-order chi connectivity index (χ0) is 19.8. The monoisotopic (exact) mass is 387 g/mol. The van der Waals surface area contributed by atoms with E-state index in [9.17, 15) is 24.9 Å². The summed E-state index contributed by atoms with van der Waals surface area (Å²) >= 11 is 0. The third-order valence-corrected chi connectivity index (χ3v) is 4.49. The molecule has 1 unspecified atom stereocenters. The molecule has 3 heterocycles. The van der Waals surface area contributed by atoms with Crippen LogP contribution in [-0.4, -0.2) is 65.7 Å². The number of anilines is 1. The van der Waals surface area contributed by atoms with Crippen LogP contribution in [0.4, 0.5) is 5.95 Å². The Morgan fingerprint density at radius 3 is 2.68 bits per heavy atom. The lowest BCUT2D eigenvalue weighted by atomic mass is 10.1. The van der Waals surface area contributed by atoms with Crippen LogP contribution in [0.2, 0.25) is 0 Å². The molecule has 11 nitrogen and oxygen atoms in total. The molecule has 1 amide bonds. The fourth-order valence-corrected chi connectivity index (χ4v) is 3.05. The van der Waals surface area contributed by atoms with Crippen LogP contribution in [0, 0.1) is 0 Å². The van der Waals surface area contributed by atoms with Gasteiger partial charge in [-0.2, -0.15) is 4.98 Å². The lowest BCUT2D eigenvalue weighted by Gasteiger charge is -2.16. The van der Waals surface area contributed by atoms with Gasteiger partial charge in [-0.25, -0.2) is 4.98 Å². The predicted octanol–water partition coefficient (Wildman–Crippen LogP) is -1.02. The first kappa shape index (κ1) is 18.3. The van der Waals surface area contributed by atoms with E-state index in [0.717, 1.165) is 0 Å². The van der Waals surface area contributed by atoms with Crippen molar-refractivity contribution in [3.05, 3.63) is 52.6 Å². The molecule has 1 aromatic carbocycles. The normalized spacial score (nSPS) is 24.5. The van der Waals surface area contributed by atoms with E-state index in [2.05, 4.69) is 20.3 Å². The number of aliphatic hydroxyl groups is 3. The highest BCUT2D eigenvalue weighted by atomic mass is 16.6. The number of hydrogen-bond acceptors (Lipinski definition) is 8. The molecule has 0 saturated carbocycles. The average Bonchev–Trinajstić information content (AvgIpc) is 3.24. The minimum absolute atomic E-state index is 0.0320. The number of ether oxygens (including phenoxy) is 1. The molecule has 0 aliphatic carbocycles. The molecular formula is C17H17N5O6. The molecule has 0 spiro atoms. The Labute approximate surface area is 157 Å². The van der Waals surface area contributed by atoms with Gasteiger partial charge in [0.05, 0.1) is 12.9 Å². The fourth-order valence-electron chi connectivity index (χ4n) is 3.05. The van der Waals surface area contributed by atoms with Crippen molar-refractivity contribution in [3.8, 4) is 0 Å². The van der Waals surface area contributed by atoms with Gasteiger partial charge in [0, 0.05) is 5.56 Å². The number of carbonyl (C=O) groups excluding carboxylic acids is 1. The maximum absolute atomic E-state index is 12.3. The number of aliphatic hydroxyl groups excluding tert-OH is 3. The summed E-state index contributed by atoms with van der Waals surface area (Å²) in [5, 5.41) is 31.9. The molecule has 4 rings (SSSR count). The van der Waals surface area contributed by atoms with E-state index in [4.69, 9.17) is 4.74 Å². The van der Waals surface area contributed by atoms with E-state index >= 15 is 0 Å². The molecule has 2 aromatic heterocycles. The van der Waals surface area contributed by atoms with Gasteiger partial charge in [-0.3, -0.25) is 24.5 Å². The van der Waals surface area contributed by atoms with Crippen molar-refractivity contribution in [3.63, 3.8) is 0 Å². The number of carbonyl (C=O) groups is 1. The second-order valence-electron chi connectivity index (χ2n) is 6.29. The number of nitrogens with zero attached hydrogens (tertiary/aromatic N) is 3. The lowest BCUT2D eigenvalue weighted by molar-refractivity contribution is -0.0511. The number of amides is 1. The van der Waals surface area contributed by atoms with Crippen molar-refractivity contribution in [1.82, 2.24) is 19.5 Å². The van der Waals surface area contributed by atoms with E-state index in [-0.39, 0.29) is 17.1 Å². The lowest BCUT2D eigenvalue weighted by Crippen LogP contribution is -2.33. The predicted molar refractivity (Wildman–Crippen MR) is 95.6 cm³/mol. The summed E-state index contributed by atoms with van der Waals surface area (Å²) in [6.45, 7) is -0.492. The molecule has 11 heteroatoms. The van der Waals surface area contributed by atoms with Crippen molar-refractivity contribution in [1.29, 1.82) is 0 Å². The summed E-state index contributed by atoms with van der Waals surface area (Å²) in [5.41, 5.74) is -0.210. The highest BCUT2D eigenvalue weighted by Gasteiger charge is 2.44. The molecule has 28 heavy (non-hydrogen) atoms. The number of nitrogens with one attached hydrogen (secondary N) is 2. The molecular weight excluding hydrogens is 370 g/mol. The third-order valence-electron chi connectivity index (χ3n) is 4.49. The Kier molecular flexibility index (Phi) is 4.65.